The maximum absolute atomic E-state index is 11.7. The first-order valence-electron chi connectivity index (χ1n) is 4.84. The standard InChI is InChI=1S/C11H13ClN2OS/c1-7(10(13)16)6-14-11(15)8-3-2-4-9(12)5-8/h2-5,7H,6H2,1H3,(H2,13,16)(H,14,15). The number of nitrogens with one attached hydrogen (secondary N) is 1. The normalized spacial score (nSPS) is 11.9. The molecule has 16 heavy (non-hydrogen) atoms. The van der Waals surface area contributed by atoms with E-state index >= 15 is 0 Å². The zero-order chi connectivity index (χ0) is 12.1. The van der Waals surface area contributed by atoms with E-state index in [4.69, 9.17) is 29.6 Å². The number of halogens is 1. The van der Waals surface area contributed by atoms with Gasteiger partial charge in [-0.3, -0.25) is 4.79 Å². The summed E-state index contributed by atoms with van der Waals surface area (Å²) in [5.74, 6) is -0.191. The molecule has 0 fully saturated rings. The molecule has 1 aromatic carbocycles. The summed E-state index contributed by atoms with van der Waals surface area (Å²) < 4.78 is 0. The fourth-order valence-corrected chi connectivity index (χ4v) is 1.35. The molecule has 0 saturated heterocycles. The number of carbonyl (C=O) groups is 1. The largest absolute Gasteiger partial charge is 0.393 e. The van der Waals surface area contributed by atoms with E-state index in [1.165, 1.54) is 0 Å². The van der Waals surface area contributed by atoms with Gasteiger partial charge in [0.15, 0.2) is 0 Å². The molecule has 0 bridgehead atoms. The third-order valence-corrected chi connectivity index (χ3v) is 2.78. The molecule has 0 radical (unpaired) electrons. The Bertz CT molecular complexity index is 409. The van der Waals surface area contributed by atoms with Gasteiger partial charge in [-0.2, -0.15) is 0 Å². The van der Waals surface area contributed by atoms with Crippen LogP contribution in [0.25, 0.3) is 0 Å². The predicted molar refractivity (Wildman–Crippen MR) is 69.7 cm³/mol. The Kier molecular flexibility index (Phi) is 4.71. The number of carbonyl (C=O) groups excluding carboxylic acids is 1. The summed E-state index contributed by atoms with van der Waals surface area (Å²) in [5.41, 5.74) is 5.97. The Morgan fingerprint density at radius 1 is 1.62 bits per heavy atom. The fraction of sp³-hybridized carbons (Fsp3) is 0.273. The Balaban J connectivity index is 2.56. The lowest BCUT2D eigenvalue weighted by Crippen LogP contribution is -2.33. The number of thiocarbonyl (C=S) groups is 1. The van der Waals surface area contributed by atoms with Crippen LogP contribution in [0.1, 0.15) is 17.3 Å². The van der Waals surface area contributed by atoms with E-state index in [9.17, 15) is 4.79 Å². The maximum atomic E-state index is 11.7. The topological polar surface area (TPSA) is 55.1 Å². The lowest BCUT2D eigenvalue weighted by atomic mass is 10.1. The SMILES string of the molecule is CC(CNC(=O)c1cccc(Cl)c1)C(N)=S. The minimum Gasteiger partial charge on any atom is -0.393 e. The molecule has 1 amide bonds. The van der Waals surface area contributed by atoms with Crippen LogP contribution in [-0.2, 0) is 0 Å². The van der Waals surface area contributed by atoms with Gasteiger partial charge in [-0.1, -0.05) is 36.8 Å². The molecule has 3 N–H and O–H groups in total. The van der Waals surface area contributed by atoms with Crippen LogP contribution in [0.3, 0.4) is 0 Å². The molecular formula is C11H13ClN2OS. The molecule has 0 aliphatic heterocycles. The van der Waals surface area contributed by atoms with Crippen LogP contribution in [0.5, 0.6) is 0 Å². The van der Waals surface area contributed by atoms with Gasteiger partial charge < -0.3 is 11.1 Å². The Hall–Kier alpha value is -1.13. The van der Waals surface area contributed by atoms with Gasteiger partial charge in [0.2, 0.25) is 0 Å². The molecule has 5 heteroatoms. The van der Waals surface area contributed by atoms with E-state index < -0.39 is 0 Å². The van der Waals surface area contributed by atoms with Crippen LogP contribution >= 0.6 is 23.8 Å². The average molecular weight is 257 g/mol. The highest BCUT2D eigenvalue weighted by atomic mass is 35.5. The van der Waals surface area contributed by atoms with Crippen molar-refractivity contribution in [2.45, 2.75) is 6.92 Å². The molecule has 1 unspecified atom stereocenters. The number of benzene rings is 1. The second kappa shape index (κ2) is 5.82. The van der Waals surface area contributed by atoms with Crippen LogP contribution in [0.4, 0.5) is 0 Å². The minimum atomic E-state index is -0.175. The molecule has 1 aromatic rings. The first-order valence-corrected chi connectivity index (χ1v) is 5.62. The zero-order valence-electron chi connectivity index (χ0n) is 8.87. The molecular weight excluding hydrogens is 244 g/mol. The lowest BCUT2D eigenvalue weighted by Gasteiger charge is -2.10. The molecule has 0 saturated carbocycles. The number of nitrogens with two attached hydrogens (primary N) is 1. The van der Waals surface area contributed by atoms with Crippen molar-refractivity contribution in [3.63, 3.8) is 0 Å². The summed E-state index contributed by atoms with van der Waals surface area (Å²) in [6.07, 6.45) is 0. The summed E-state index contributed by atoms with van der Waals surface area (Å²) in [6, 6.07) is 6.76. The third kappa shape index (κ3) is 3.79. The van der Waals surface area contributed by atoms with Crippen molar-refractivity contribution in [3.8, 4) is 0 Å². The highest BCUT2D eigenvalue weighted by Crippen LogP contribution is 2.10. The van der Waals surface area contributed by atoms with Gasteiger partial charge in [-0.25, -0.2) is 0 Å². The first kappa shape index (κ1) is 12.9. The molecule has 86 valence electrons. The highest BCUT2D eigenvalue weighted by molar-refractivity contribution is 7.80. The van der Waals surface area contributed by atoms with E-state index in [2.05, 4.69) is 5.32 Å². The van der Waals surface area contributed by atoms with Gasteiger partial charge in [-0.05, 0) is 18.2 Å². The van der Waals surface area contributed by atoms with Crippen molar-refractivity contribution in [1.29, 1.82) is 0 Å². The van der Waals surface area contributed by atoms with Gasteiger partial charge in [0.25, 0.3) is 5.91 Å². The monoisotopic (exact) mass is 256 g/mol. The summed E-state index contributed by atoms with van der Waals surface area (Å²) in [5, 5.41) is 3.28. The number of amides is 1. The molecule has 1 atom stereocenters. The van der Waals surface area contributed by atoms with E-state index in [1.807, 2.05) is 6.92 Å². The minimum absolute atomic E-state index is 0.0156. The van der Waals surface area contributed by atoms with Crippen LogP contribution in [0.15, 0.2) is 24.3 Å². The highest BCUT2D eigenvalue weighted by Gasteiger charge is 2.09. The lowest BCUT2D eigenvalue weighted by molar-refractivity contribution is 0.0951. The van der Waals surface area contributed by atoms with Crippen molar-refractivity contribution in [2.75, 3.05) is 6.54 Å². The van der Waals surface area contributed by atoms with Crippen LogP contribution in [0, 0.1) is 5.92 Å². The van der Waals surface area contributed by atoms with Gasteiger partial charge >= 0.3 is 0 Å². The number of hydrogen-bond acceptors (Lipinski definition) is 2. The van der Waals surface area contributed by atoms with E-state index in [0.717, 1.165) is 0 Å². The van der Waals surface area contributed by atoms with Crippen LogP contribution in [0.2, 0.25) is 5.02 Å². The summed E-state index contributed by atoms with van der Waals surface area (Å²) in [4.78, 5) is 12.1. The zero-order valence-corrected chi connectivity index (χ0v) is 10.4. The summed E-state index contributed by atoms with van der Waals surface area (Å²) in [7, 11) is 0. The average Bonchev–Trinajstić information content (AvgIpc) is 2.25. The summed E-state index contributed by atoms with van der Waals surface area (Å²) >= 11 is 10.6. The second-order valence-electron chi connectivity index (χ2n) is 3.52. The Morgan fingerprint density at radius 3 is 2.88 bits per heavy atom. The van der Waals surface area contributed by atoms with Gasteiger partial charge in [-0.15, -0.1) is 0 Å². The molecule has 0 spiro atoms. The third-order valence-electron chi connectivity index (χ3n) is 2.14. The van der Waals surface area contributed by atoms with Crippen LogP contribution in [-0.4, -0.2) is 17.4 Å². The van der Waals surface area contributed by atoms with Crippen LogP contribution < -0.4 is 11.1 Å². The maximum Gasteiger partial charge on any atom is 0.251 e. The number of hydrogen-bond donors (Lipinski definition) is 2. The van der Waals surface area contributed by atoms with Crippen molar-refractivity contribution < 1.29 is 4.79 Å². The van der Waals surface area contributed by atoms with Crippen molar-refractivity contribution in [1.82, 2.24) is 5.32 Å². The molecule has 0 heterocycles. The van der Waals surface area contributed by atoms with Gasteiger partial charge in [0.1, 0.15) is 0 Å². The molecule has 0 aliphatic rings. The smallest absolute Gasteiger partial charge is 0.251 e. The van der Waals surface area contributed by atoms with Crippen molar-refractivity contribution in [2.24, 2.45) is 11.7 Å². The fourth-order valence-electron chi connectivity index (χ4n) is 1.08. The molecule has 0 aliphatic carbocycles. The van der Waals surface area contributed by atoms with Gasteiger partial charge in [0, 0.05) is 23.0 Å². The Labute approximate surface area is 105 Å². The van der Waals surface area contributed by atoms with Gasteiger partial charge in [0.05, 0.1) is 4.99 Å². The number of rotatable bonds is 4. The van der Waals surface area contributed by atoms with E-state index in [1.54, 1.807) is 24.3 Å². The van der Waals surface area contributed by atoms with Crippen molar-refractivity contribution >= 4 is 34.7 Å². The first-order chi connectivity index (χ1) is 7.50. The second-order valence-corrected chi connectivity index (χ2v) is 4.43. The van der Waals surface area contributed by atoms with Crippen molar-refractivity contribution in [3.05, 3.63) is 34.9 Å². The quantitative estimate of drug-likeness (QED) is 0.810. The Morgan fingerprint density at radius 2 is 2.31 bits per heavy atom. The predicted octanol–water partition coefficient (Wildman–Crippen LogP) is 1.99. The summed E-state index contributed by atoms with van der Waals surface area (Å²) in [6.45, 7) is 2.29. The van der Waals surface area contributed by atoms with E-state index in [0.29, 0.717) is 22.1 Å². The molecule has 1 rings (SSSR count). The molecule has 3 nitrogen and oxygen atoms in total. The molecule has 0 aromatic heterocycles. The van der Waals surface area contributed by atoms with E-state index in [-0.39, 0.29) is 11.8 Å².